The molecule has 0 aliphatic carbocycles. The Kier molecular flexibility index (Phi) is 3.07. The van der Waals surface area contributed by atoms with E-state index in [0.717, 1.165) is 12.6 Å². The van der Waals surface area contributed by atoms with Gasteiger partial charge in [0.15, 0.2) is 5.13 Å². The van der Waals surface area contributed by atoms with Gasteiger partial charge in [0.2, 0.25) is 0 Å². The summed E-state index contributed by atoms with van der Waals surface area (Å²) in [6, 6.07) is 0.132. The number of halogens is 3. The van der Waals surface area contributed by atoms with Gasteiger partial charge in [0, 0.05) is 13.7 Å². The van der Waals surface area contributed by atoms with Crippen molar-refractivity contribution in [2.45, 2.75) is 18.6 Å². The summed E-state index contributed by atoms with van der Waals surface area (Å²) in [5, 5.41) is 0.392. The summed E-state index contributed by atoms with van der Waals surface area (Å²) in [4.78, 5) is 4.89. The molecule has 0 N–H and O–H groups in total. The molecule has 0 bridgehead atoms. The first kappa shape index (κ1) is 11.7. The molecule has 1 unspecified atom stereocenters. The van der Waals surface area contributed by atoms with Crippen molar-refractivity contribution in [3.8, 4) is 0 Å². The van der Waals surface area contributed by atoms with Crippen LogP contribution in [0, 0.1) is 0 Å². The van der Waals surface area contributed by atoms with Crippen molar-refractivity contribution in [1.29, 1.82) is 0 Å². The minimum absolute atomic E-state index is 0.132. The van der Waals surface area contributed by atoms with E-state index >= 15 is 0 Å². The number of hydrogen-bond acceptors (Lipinski definition) is 4. The summed E-state index contributed by atoms with van der Waals surface area (Å²) < 4.78 is 42.3. The number of ether oxygens (including phenoxy) is 1. The van der Waals surface area contributed by atoms with E-state index in [4.69, 9.17) is 4.74 Å². The van der Waals surface area contributed by atoms with Crippen LogP contribution in [0.1, 0.15) is 11.3 Å². The molecule has 0 aromatic carbocycles. The fourth-order valence-corrected chi connectivity index (χ4v) is 2.36. The summed E-state index contributed by atoms with van der Waals surface area (Å²) in [7, 11) is 1.75. The second-order valence-corrected chi connectivity index (χ2v) is 4.64. The molecule has 1 aliphatic heterocycles. The molecule has 16 heavy (non-hydrogen) atoms. The summed E-state index contributed by atoms with van der Waals surface area (Å²) in [5.74, 6) is 0. The largest absolute Gasteiger partial charge is 0.427 e. The second kappa shape index (κ2) is 4.21. The normalized spacial score (nSPS) is 21.4. The lowest BCUT2D eigenvalue weighted by molar-refractivity contribution is -0.134. The number of aromatic nitrogens is 1. The van der Waals surface area contributed by atoms with Crippen LogP contribution in [-0.4, -0.2) is 31.3 Å². The highest BCUT2D eigenvalue weighted by atomic mass is 32.1. The van der Waals surface area contributed by atoms with Gasteiger partial charge >= 0.3 is 6.18 Å². The minimum Gasteiger partial charge on any atom is -0.379 e. The first-order chi connectivity index (χ1) is 7.48. The van der Waals surface area contributed by atoms with Crippen molar-refractivity contribution in [1.82, 2.24) is 4.98 Å². The molecule has 3 nitrogen and oxygen atoms in total. The summed E-state index contributed by atoms with van der Waals surface area (Å²) in [6.07, 6.45) is -2.59. The number of nitrogens with zero attached hydrogens (tertiary/aromatic N) is 2. The molecule has 1 aliphatic rings. The molecule has 1 atom stereocenters. The first-order valence-electron chi connectivity index (χ1n) is 4.82. The van der Waals surface area contributed by atoms with E-state index < -0.39 is 11.1 Å². The van der Waals surface area contributed by atoms with E-state index in [0.29, 0.717) is 29.7 Å². The second-order valence-electron chi connectivity index (χ2n) is 3.63. The van der Waals surface area contributed by atoms with Crippen LogP contribution < -0.4 is 4.90 Å². The summed E-state index contributed by atoms with van der Waals surface area (Å²) in [5.41, 5.74) is 0. The Morgan fingerprint density at radius 1 is 1.56 bits per heavy atom. The van der Waals surface area contributed by atoms with E-state index in [1.807, 2.05) is 0 Å². The van der Waals surface area contributed by atoms with Crippen LogP contribution in [0.4, 0.5) is 18.3 Å². The van der Waals surface area contributed by atoms with E-state index in [-0.39, 0.29) is 6.04 Å². The first-order valence-corrected chi connectivity index (χ1v) is 5.64. The lowest BCUT2D eigenvalue weighted by atomic mass is 10.2. The Morgan fingerprint density at radius 2 is 2.31 bits per heavy atom. The quantitative estimate of drug-likeness (QED) is 0.808. The van der Waals surface area contributed by atoms with Crippen molar-refractivity contribution in [3.05, 3.63) is 11.1 Å². The fourth-order valence-electron chi connectivity index (χ4n) is 1.54. The van der Waals surface area contributed by atoms with E-state index in [2.05, 4.69) is 4.98 Å². The SMILES string of the molecule is CN(c1ncc(C(F)(F)F)s1)C1CCOC1. The third-order valence-electron chi connectivity index (χ3n) is 2.53. The molecule has 1 fully saturated rings. The van der Waals surface area contributed by atoms with Crippen LogP contribution in [-0.2, 0) is 10.9 Å². The Bertz CT molecular complexity index is 360. The number of anilines is 1. The summed E-state index contributed by atoms with van der Waals surface area (Å²) >= 11 is 0.669. The standard InChI is InChI=1S/C9H11F3N2OS/c1-14(6-2-3-15-5-6)8-13-4-7(16-8)9(10,11)12/h4,6H,2-3,5H2,1H3. The van der Waals surface area contributed by atoms with Gasteiger partial charge in [-0.25, -0.2) is 4.98 Å². The van der Waals surface area contributed by atoms with Gasteiger partial charge in [-0.3, -0.25) is 0 Å². The molecule has 1 saturated heterocycles. The Labute approximate surface area is 94.8 Å². The Balaban J connectivity index is 2.12. The molecular formula is C9H11F3N2OS. The van der Waals surface area contributed by atoms with Crippen molar-refractivity contribution < 1.29 is 17.9 Å². The molecule has 1 aromatic rings. The van der Waals surface area contributed by atoms with Crippen molar-refractivity contribution in [2.24, 2.45) is 0 Å². The number of hydrogen-bond donors (Lipinski definition) is 0. The third-order valence-corrected chi connectivity index (χ3v) is 3.66. The van der Waals surface area contributed by atoms with Crippen molar-refractivity contribution in [2.75, 3.05) is 25.2 Å². The zero-order chi connectivity index (χ0) is 11.8. The number of alkyl halides is 3. The van der Waals surface area contributed by atoms with Crippen LogP contribution in [0.5, 0.6) is 0 Å². The van der Waals surface area contributed by atoms with Crippen molar-refractivity contribution in [3.63, 3.8) is 0 Å². The molecule has 0 spiro atoms. The summed E-state index contributed by atoms with van der Waals surface area (Å²) in [6.45, 7) is 1.21. The smallest absolute Gasteiger partial charge is 0.379 e. The predicted molar refractivity (Wildman–Crippen MR) is 54.7 cm³/mol. The number of thiazole rings is 1. The lowest BCUT2D eigenvalue weighted by Gasteiger charge is -2.21. The minimum atomic E-state index is -4.30. The van der Waals surface area contributed by atoms with Crippen LogP contribution in [0.3, 0.4) is 0 Å². The predicted octanol–water partition coefficient (Wildman–Crippen LogP) is 2.39. The average Bonchev–Trinajstić information content (AvgIpc) is 2.87. The highest BCUT2D eigenvalue weighted by Gasteiger charge is 2.34. The topological polar surface area (TPSA) is 25.4 Å². The highest BCUT2D eigenvalue weighted by molar-refractivity contribution is 7.15. The number of likely N-dealkylation sites (N-methyl/N-ethyl adjacent to an activating group) is 1. The van der Waals surface area contributed by atoms with Gasteiger partial charge in [0.25, 0.3) is 0 Å². The van der Waals surface area contributed by atoms with Crippen LogP contribution in [0.25, 0.3) is 0 Å². The van der Waals surface area contributed by atoms with Gasteiger partial charge in [-0.2, -0.15) is 13.2 Å². The third kappa shape index (κ3) is 2.30. The van der Waals surface area contributed by atoms with Gasteiger partial charge in [0.05, 0.1) is 18.8 Å². The van der Waals surface area contributed by atoms with Gasteiger partial charge in [-0.1, -0.05) is 11.3 Å². The van der Waals surface area contributed by atoms with Crippen LogP contribution in [0.2, 0.25) is 0 Å². The molecule has 0 saturated carbocycles. The number of rotatable bonds is 2. The maximum atomic E-state index is 12.4. The monoisotopic (exact) mass is 252 g/mol. The zero-order valence-electron chi connectivity index (χ0n) is 8.62. The average molecular weight is 252 g/mol. The van der Waals surface area contributed by atoms with Gasteiger partial charge in [0.1, 0.15) is 4.88 Å². The molecule has 90 valence electrons. The molecule has 2 heterocycles. The lowest BCUT2D eigenvalue weighted by Crippen LogP contribution is -2.31. The van der Waals surface area contributed by atoms with Crippen LogP contribution in [0.15, 0.2) is 6.20 Å². The van der Waals surface area contributed by atoms with Crippen molar-refractivity contribution >= 4 is 16.5 Å². The Morgan fingerprint density at radius 3 is 2.81 bits per heavy atom. The van der Waals surface area contributed by atoms with Crippen LogP contribution >= 0.6 is 11.3 Å². The maximum absolute atomic E-state index is 12.4. The molecule has 0 radical (unpaired) electrons. The molecular weight excluding hydrogens is 241 g/mol. The molecule has 1 aromatic heterocycles. The van der Waals surface area contributed by atoms with Gasteiger partial charge < -0.3 is 9.64 Å². The Hall–Kier alpha value is -0.820. The molecule has 7 heteroatoms. The fraction of sp³-hybridized carbons (Fsp3) is 0.667. The van der Waals surface area contributed by atoms with Gasteiger partial charge in [-0.05, 0) is 6.42 Å². The zero-order valence-corrected chi connectivity index (χ0v) is 9.44. The van der Waals surface area contributed by atoms with Gasteiger partial charge in [-0.15, -0.1) is 0 Å². The molecule has 2 rings (SSSR count). The highest BCUT2D eigenvalue weighted by Crippen LogP contribution is 2.36. The van der Waals surface area contributed by atoms with E-state index in [1.165, 1.54) is 0 Å². The van der Waals surface area contributed by atoms with E-state index in [9.17, 15) is 13.2 Å². The maximum Gasteiger partial charge on any atom is 0.427 e. The van der Waals surface area contributed by atoms with E-state index in [1.54, 1.807) is 11.9 Å². The molecule has 0 amide bonds.